The van der Waals surface area contributed by atoms with Crippen LogP contribution in [0.3, 0.4) is 0 Å². The zero-order valence-electron chi connectivity index (χ0n) is 74.6. The maximum Gasteiger partial charge on any atom is 0.215 e. The van der Waals surface area contributed by atoms with E-state index < -0.39 is 57.9 Å². The van der Waals surface area contributed by atoms with E-state index in [4.69, 9.17) is 105 Å². The number of hydrogen-bond donors (Lipinski definition) is 0. The van der Waals surface area contributed by atoms with Crippen molar-refractivity contribution in [2.75, 3.05) is 43.7 Å². The van der Waals surface area contributed by atoms with Crippen molar-refractivity contribution in [2.45, 2.75) is 163 Å². The van der Waals surface area contributed by atoms with Crippen molar-refractivity contribution in [3.8, 4) is 22.9 Å². The van der Waals surface area contributed by atoms with Crippen molar-refractivity contribution in [3.63, 3.8) is 0 Å². The number of benzene rings is 10. The minimum Gasteiger partial charge on any atom is -0.482 e. The second kappa shape index (κ2) is 46.0. The lowest BCUT2D eigenvalue weighted by Gasteiger charge is -2.38. The van der Waals surface area contributed by atoms with Crippen LogP contribution in [0.2, 0.25) is 35.2 Å². The maximum atomic E-state index is 15.1. The number of sulfone groups is 3. The molecule has 0 amide bonds. The van der Waals surface area contributed by atoms with E-state index in [1.165, 1.54) is 60.8 Å². The van der Waals surface area contributed by atoms with E-state index in [0.717, 1.165) is 57.3 Å². The van der Waals surface area contributed by atoms with Crippen molar-refractivity contribution in [1.29, 1.82) is 0 Å². The predicted octanol–water partition coefficient (Wildman–Crippen LogP) is 24.7. The van der Waals surface area contributed by atoms with Crippen LogP contribution in [-0.2, 0) is 109 Å². The molecule has 0 atom stereocenters. The molecule has 19 nitrogen and oxygen atoms in total. The summed E-state index contributed by atoms with van der Waals surface area (Å²) in [4.78, 5) is 60.7. The van der Waals surface area contributed by atoms with Crippen LogP contribution in [0.5, 0.6) is 17.2 Å². The summed E-state index contributed by atoms with van der Waals surface area (Å²) in [6, 6.07) is 65.0. The average Bonchev–Trinajstić information content (AvgIpc) is 1.59. The standard InChI is InChI=1S/C28H27Cl2FO5S.C28H28Cl2O5S.C25H24Cl2FNO4S.C23H18ClN3O.CH4/c1-2-37(33,34)23-7-3-19(4-8-23)15-22(32)16-20-5-10-27(26(31)17-20)36-28(11-13-35-14-12-28)24-9-6-21(29)18-25(24)30;1-2-36(32,33)25-10-5-21(6-11-25)18-23(31)17-20-3-8-24(9-4-20)35-28(13-15-34-16-14-28)26-12-7-22(29)19-27(26)30;1-4-34(31,32)20-8-5-16(6-9-20)11-19(30)12-17-7-10-23(22(28)13-17)33-25(2,3)24-21(27)14-18(26)15-29-24;1-14-7-11-16(12-8-14)27-23-18(5-3-13-25-23)21(26-27)22(28)20-17(15-9-10-15)4-2-6-19(20)24;/h3-10,17-18H,2,11-16H2,1H3;3-12,19H,2,13-18H2,1H3;5-10,13-15H,4,11-12H2,1-3H3;2-8,11-13,15H,9-10H2,1H3;1H4. The Kier molecular flexibility index (Phi) is 35.4. The fraction of sp³-hybridized carbons (Fsp3) is 0.286. The minimum atomic E-state index is -3.30. The van der Waals surface area contributed by atoms with Gasteiger partial charge in [0.1, 0.15) is 51.3 Å². The Morgan fingerprint density at radius 3 is 1.31 bits per heavy atom. The van der Waals surface area contributed by atoms with Crippen molar-refractivity contribution < 1.29 is 76.9 Å². The Balaban J connectivity index is 0.000000163. The van der Waals surface area contributed by atoms with Gasteiger partial charge in [-0.1, -0.05) is 212 Å². The zero-order chi connectivity index (χ0) is 96.7. The molecule has 0 N–H and O–H groups in total. The highest BCUT2D eigenvalue weighted by Crippen LogP contribution is 2.47. The maximum absolute atomic E-state index is 15.1. The number of fused-ring (bicyclic) bond motifs is 1. The second-order valence-electron chi connectivity index (χ2n) is 33.5. The van der Waals surface area contributed by atoms with E-state index in [-0.39, 0.29) is 113 Å². The van der Waals surface area contributed by atoms with E-state index in [0.29, 0.717) is 144 Å². The second-order valence-corrected chi connectivity index (χ2v) is 43.3. The monoisotopic (exact) mass is 2040 g/mol. The molecule has 712 valence electrons. The normalized spacial score (nSPS) is 14.1. The van der Waals surface area contributed by atoms with Gasteiger partial charge in [0.2, 0.25) is 5.78 Å². The number of aromatic nitrogens is 4. The van der Waals surface area contributed by atoms with Crippen LogP contribution in [0.4, 0.5) is 8.78 Å². The predicted molar refractivity (Wildman–Crippen MR) is 532 cm³/mol. The minimum absolute atomic E-state index is 0. The van der Waals surface area contributed by atoms with Crippen LogP contribution in [0, 0.1) is 18.6 Å². The Hall–Kier alpha value is -10.3. The smallest absolute Gasteiger partial charge is 0.215 e. The van der Waals surface area contributed by atoms with Crippen molar-refractivity contribution in [2.24, 2.45) is 0 Å². The summed E-state index contributed by atoms with van der Waals surface area (Å²) in [6.07, 6.45) is 8.46. The van der Waals surface area contributed by atoms with E-state index in [9.17, 15) is 48.8 Å². The zero-order valence-corrected chi connectivity index (χ0v) is 82.4. The van der Waals surface area contributed by atoms with Crippen LogP contribution in [0.1, 0.15) is 164 Å². The highest BCUT2D eigenvalue weighted by molar-refractivity contribution is 7.92. The van der Waals surface area contributed by atoms with Crippen LogP contribution < -0.4 is 14.2 Å². The lowest BCUT2D eigenvalue weighted by Crippen LogP contribution is -2.39. The molecule has 3 fully saturated rings. The van der Waals surface area contributed by atoms with Gasteiger partial charge < -0.3 is 23.7 Å². The number of pyridine rings is 2. The number of carbonyl (C=O) groups is 4. The molecule has 2 aliphatic heterocycles. The molecule has 5 heterocycles. The third kappa shape index (κ3) is 26.6. The number of Topliss-reactive ketones (excluding diaryl/α,β-unsaturated/α-hetero) is 3. The molecule has 0 radical (unpaired) electrons. The van der Waals surface area contributed by atoms with Gasteiger partial charge in [-0.05, 0) is 212 Å². The SMILES string of the molecule is C.CCS(=O)(=O)c1ccc(CC(=O)Cc2ccc(OC(C)(C)c3ncc(Cl)cc3Cl)c(F)c2)cc1.CCS(=O)(=O)c1ccc(CC(=O)Cc2ccc(OC3(c4ccc(Cl)cc4Cl)CCOCC3)c(F)c2)cc1.CCS(=O)(=O)c1ccc(CC(=O)Cc2ccc(OC3(c4ccc(Cl)cc4Cl)CCOCC3)cc2)cc1.Cc1ccc(-n2nc(C(=O)c3c(Cl)cccc3C3CC3)c3cccnc32)cc1. The van der Waals surface area contributed by atoms with E-state index in [1.54, 1.807) is 136 Å². The van der Waals surface area contributed by atoms with E-state index in [1.807, 2.05) is 91.9 Å². The van der Waals surface area contributed by atoms with E-state index in [2.05, 4.69) is 15.1 Å². The molecular weight excluding hydrogens is 1940 g/mol. The first-order chi connectivity index (χ1) is 64.4. The molecular formula is C105H101Cl7F2N4O15S3. The van der Waals surface area contributed by atoms with Crippen LogP contribution in [0.15, 0.2) is 258 Å². The summed E-state index contributed by atoms with van der Waals surface area (Å²) in [5.41, 5.74) is 8.26. The highest BCUT2D eigenvalue weighted by Gasteiger charge is 2.42. The van der Waals surface area contributed by atoms with Gasteiger partial charge in [-0.2, -0.15) is 5.10 Å². The molecule has 16 rings (SSSR count). The molecule has 1 aliphatic carbocycles. The third-order valence-corrected chi connectivity index (χ3v) is 30.5. The quantitative estimate of drug-likeness (QED) is 0.0366. The largest absolute Gasteiger partial charge is 0.482 e. The first-order valence-corrected chi connectivity index (χ1v) is 51.3. The van der Waals surface area contributed by atoms with Gasteiger partial charge in [0, 0.05) is 113 Å². The molecule has 3 aliphatic rings. The molecule has 0 unspecified atom stereocenters. The number of carbonyl (C=O) groups excluding carboxylic acids is 4. The molecule has 136 heavy (non-hydrogen) atoms. The lowest BCUT2D eigenvalue weighted by molar-refractivity contribution is -0.118. The molecule has 10 aromatic carbocycles. The fourth-order valence-electron chi connectivity index (χ4n) is 15.9. The van der Waals surface area contributed by atoms with Crippen molar-refractivity contribution in [3.05, 3.63) is 362 Å². The van der Waals surface area contributed by atoms with Gasteiger partial charge in [0.15, 0.2) is 58.3 Å². The first-order valence-electron chi connectivity index (χ1n) is 43.7. The fourth-order valence-corrected chi connectivity index (χ4v) is 20.5. The van der Waals surface area contributed by atoms with Crippen LogP contribution in [0.25, 0.3) is 16.7 Å². The van der Waals surface area contributed by atoms with Crippen LogP contribution in [-0.4, -0.2) is 112 Å². The summed E-state index contributed by atoms with van der Waals surface area (Å²) in [5.74, 6) is -0.286. The molecule has 31 heteroatoms. The van der Waals surface area contributed by atoms with Gasteiger partial charge >= 0.3 is 0 Å². The van der Waals surface area contributed by atoms with Gasteiger partial charge in [0.25, 0.3) is 0 Å². The van der Waals surface area contributed by atoms with Gasteiger partial charge in [-0.3, -0.25) is 24.2 Å². The van der Waals surface area contributed by atoms with Crippen molar-refractivity contribution >= 4 is 145 Å². The number of halogens is 9. The van der Waals surface area contributed by atoms with Gasteiger partial charge in [0.05, 0.1) is 84.5 Å². The molecule has 0 bridgehead atoms. The summed E-state index contributed by atoms with van der Waals surface area (Å²) in [7, 11) is -9.84. The average molecular weight is 2040 g/mol. The number of ether oxygens (including phenoxy) is 5. The molecule has 1 saturated carbocycles. The first kappa shape index (κ1) is 105. The Bertz CT molecular complexity index is 6860. The topological polar surface area (TPSA) is 260 Å². The number of nitrogens with zero attached hydrogens (tertiary/aromatic N) is 4. The number of aryl methyl sites for hydroxylation is 1. The lowest BCUT2D eigenvalue weighted by atomic mass is 9.86. The van der Waals surface area contributed by atoms with Crippen molar-refractivity contribution in [1.82, 2.24) is 19.7 Å². The summed E-state index contributed by atoms with van der Waals surface area (Å²) < 4.78 is 133. The highest BCUT2D eigenvalue weighted by atomic mass is 35.5. The molecule has 2 saturated heterocycles. The Labute approximate surface area is 827 Å². The number of ketones is 4. The van der Waals surface area contributed by atoms with Gasteiger partial charge in [-0.15, -0.1) is 0 Å². The summed E-state index contributed by atoms with van der Waals surface area (Å²) in [5, 5.41) is 8.65. The molecule has 13 aromatic rings. The molecule has 3 aromatic heterocycles. The van der Waals surface area contributed by atoms with Crippen LogP contribution >= 0.6 is 81.2 Å². The number of hydrogen-bond acceptors (Lipinski definition) is 18. The summed E-state index contributed by atoms with van der Waals surface area (Å²) >= 11 is 43.8. The Morgan fingerprint density at radius 2 is 0.882 bits per heavy atom. The molecule has 0 spiro atoms. The summed E-state index contributed by atoms with van der Waals surface area (Å²) in [6.45, 7) is 12.2. The Morgan fingerprint density at radius 1 is 0.463 bits per heavy atom. The number of rotatable bonds is 31. The van der Waals surface area contributed by atoms with Gasteiger partial charge in [-0.25, -0.2) is 43.7 Å². The third-order valence-electron chi connectivity index (χ3n) is 23.3. The van der Waals surface area contributed by atoms with E-state index >= 15 is 4.39 Å².